The van der Waals surface area contributed by atoms with Crippen molar-refractivity contribution in [1.82, 2.24) is 15.3 Å². The van der Waals surface area contributed by atoms with E-state index in [4.69, 9.17) is 9.47 Å². The predicted octanol–water partition coefficient (Wildman–Crippen LogP) is 2.71. The Balaban J connectivity index is 1.47. The Morgan fingerprint density at radius 3 is 2.78 bits per heavy atom. The zero-order valence-corrected chi connectivity index (χ0v) is 19.5. The molecule has 1 aromatic carbocycles. The fourth-order valence-corrected chi connectivity index (χ4v) is 5.16. The molecule has 8 nitrogen and oxygen atoms in total. The molecule has 1 aliphatic heterocycles. The molecule has 168 valence electrons. The molecule has 0 saturated carbocycles. The molecule has 1 amide bonds. The number of benzene rings is 1. The highest BCUT2D eigenvalue weighted by Crippen LogP contribution is 2.32. The molecule has 2 N–H and O–H groups in total. The number of rotatable bonds is 8. The number of nitrogens with zero attached hydrogens (tertiary/aromatic N) is 2. The lowest BCUT2D eigenvalue weighted by Gasteiger charge is -2.30. The van der Waals surface area contributed by atoms with E-state index in [0.717, 1.165) is 22.2 Å². The van der Waals surface area contributed by atoms with Crippen LogP contribution in [0.1, 0.15) is 27.3 Å². The van der Waals surface area contributed by atoms with Gasteiger partial charge in [-0.1, -0.05) is 11.8 Å². The van der Waals surface area contributed by atoms with E-state index in [1.165, 1.54) is 18.7 Å². The Hall–Kier alpha value is -2.53. The molecule has 1 aliphatic rings. The molecule has 4 rings (SSSR count). The van der Waals surface area contributed by atoms with Crippen molar-refractivity contribution in [2.45, 2.75) is 30.5 Å². The lowest BCUT2D eigenvalue weighted by Crippen LogP contribution is -2.53. The van der Waals surface area contributed by atoms with E-state index in [9.17, 15) is 14.7 Å². The minimum Gasteiger partial charge on any atom is -0.497 e. The maximum Gasteiger partial charge on any atom is 0.257 e. The zero-order chi connectivity index (χ0) is 22.9. The third kappa shape index (κ3) is 4.63. The largest absolute Gasteiger partial charge is 0.497 e. The lowest BCUT2D eigenvalue weighted by atomic mass is 10.0. The highest BCUT2D eigenvalue weighted by molar-refractivity contribution is 8.00. The number of hydrogen-bond donors (Lipinski definition) is 2. The van der Waals surface area contributed by atoms with Gasteiger partial charge in [0, 0.05) is 10.3 Å². The SMILES string of the molecule is COc1ccc2nc(C)nc(SCC(=O)c3ccc([C@@](C)(O)C(=O)NC4COC4)s3)c2c1. The second kappa shape index (κ2) is 9.14. The van der Waals surface area contributed by atoms with Gasteiger partial charge >= 0.3 is 0 Å². The minimum atomic E-state index is -1.72. The van der Waals surface area contributed by atoms with Crippen molar-refractivity contribution < 1.29 is 24.2 Å². The Labute approximate surface area is 193 Å². The number of aryl methyl sites for hydroxylation is 1. The van der Waals surface area contributed by atoms with Crippen LogP contribution in [0.2, 0.25) is 0 Å². The number of aromatic nitrogens is 2. The maximum absolute atomic E-state index is 12.8. The second-order valence-corrected chi connectivity index (χ2v) is 9.66. The molecule has 3 aromatic rings. The van der Waals surface area contributed by atoms with E-state index < -0.39 is 11.5 Å². The molecule has 1 fully saturated rings. The van der Waals surface area contributed by atoms with Crippen LogP contribution in [0, 0.1) is 6.92 Å². The van der Waals surface area contributed by atoms with Crippen LogP contribution in [0.3, 0.4) is 0 Å². The normalized spacial score (nSPS) is 15.8. The smallest absolute Gasteiger partial charge is 0.257 e. The van der Waals surface area contributed by atoms with Crippen LogP contribution < -0.4 is 10.1 Å². The zero-order valence-electron chi connectivity index (χ0n) is 17.9. The predicted molar refractivity (Wildman–Crippen MR) is 123 cm³/mol. The first kappa shape index (κ1) is 22.7. The molecule has 0 bridgehead atoms. The van der Waals surface area contributed by atoms with Gasteiger partial charge in [-0.2, -0.15) is 0 Å². The van der Waals surface area contributed by atoms with E-state index in [1.54, 1.807) is 19.2 Å². The number of aliphatic hydroxyl groups is 1. The summed E-state index contributed by atoms with van der Waals surface area (Å²) >= 11 is 2.44. The summed E-state index contributed by atoms with van der Waals surface area (Å²) in [7, 11) is 1.59. The fraction of sp³-hybridized carbons (Fsp3) is 0.364. The number of thioether (sulfide) groups is 1. The topological polar surface area (TPSA) is 111 Å². The summed E-state index contributed by atoms with van der Waals surface area (Å²) in [6, 6.07) is 8.73. The number of Topliss-reactive ketones (excluding diaryl/α,β-unsaturated/α-hetero) is 1. The Morgan fingerprint density at radius 2 is 2.09 bits per heavy atom. The quantitative estimate of drug-likeness (QED) is 0.292. The van der Waals surface area contributed by atoms with Crippen molar-refractivity contribution in [3.8, 4) is 5.75 Å². The van der Waals surface area contributed by atoms with E-state index in [1.807, 2.05) is 25.1 Å². The van der Waals surface area contributed by atoms with E-state index in [2.05, 4.69) is 15.3 Å². The molecule has 10 heteroatoms. The van der Waals surface area contributed by atoms with Gasteiger partial charge in [0.05, 0.1) is 42.5 Å². The van der Waals surface area contributed by atoms with Crippen molar-refractivity contribution in [3.63, 3.8) is 0 Å². The van der Waals surface area contributed by atoms with Crippen molar-refractivity contribution in [2.24, 2.45) is 0 Å². The third-order valence-electron chi connectivity index (χ3n) is 5.10. The fourth-order valence-electron chi connectivity index (χ4n) is 3.14. The number of nitrogens with one attached hydrogen (secondary N) is 1. The number of methoxy groups -OCH3 is 1. The number of fused-ring (bicyclic) bond motifs is 1. The molecule has 3 heterocycles. The van der Waals surface area contributed by atoms with Gasteiger partial charge in [-0.05, 0) is 44.2 Å². The van der Waals surface area contributed by atoms with Gasteiger partial charge in [0.1, 0.15) is 16.6 Å². The molecular weight excluding hydrogens is 450 g/mol. The second-order valence-electron chi connectivity index (χ2n) is 7.61. The van der Waals surface area contributed by atoms with Crippen LogP contribution >= 0.6 is 23.1 Å². The minimum absolute atomic E-state index is 0.0868. The van der Waals surface area contributed by atoms with Crippen molar-refractivity contribution in [2.75, 3.05) is 26.1 Å². The van der Waals surface area contributed by atoms with Crippen LogP contribution in [0.4, 0.5) is 0 Å². The third-order valence-corrected chi connectivity index (χ3v) is 7.42. The van der Waals surface area contributed by atoms with Gasteiger partial charge in [0.15, 0.2) is 11.4 Å². The summed E-state index contributed by atoms with van der Waals surface area (Å²) < 4.78 is 10.3. The first-order valence-electron chi connectivity index (χ1n) is 9.97. The Bertz CT molecular complexity index is 1170. The molecule has 0 spiro atoms. The highest BCUT2D eigenvalue weighted by atomic mass is 32.2. The Kier molecular flexibility index (Phi) is 6.47. The Morgan fingerprint density at radius 1 is 1.31 bits per heavy atom. The number of thiophene rings is 1. The van der Waals surface area contributed by atoms with Gasteiger partial charge in [-0.15, -0.1) is 11.3 Å². The molecule has 1 atom stereocenters. The average Bonchev–Trinajstić information content (AvgIpc) is 3.25. The highest BCUT2D eigenvalue weighted by Gasteiger charge is 2.36. The molecular formula is C22H23N3O5S2. The van der Waals surface area contributed by atoms with Crippen molar-refractivity contribution in [1.29, 1.82) is 0 Å². The summed E-state index contributed by atoms with van der Waals surface area (Å²) in [5.41, 5.74) is -0.937. The van der Waals surface area contributed by atoms with Crippen LogP contribution in [0.15, 0.2) is 35.4 Å². The van der Waals surface area contributed by atoms with Crippen molar-refractivity contribution in [3.05, 3.63) is 45.9 Å². The van der Waals surface area contributed by atoms with Crippen LogP contribution in [-0.4, -0.2) is 58.9 Å². The van der Waals surface area contributed by atoms with Crippen LogP contribution in [0.25, 0.3) is 10.9 Å². The van der Waals surface area contributed by atoms with Gasteiger partial charge in [0.2, 0.25) is 0 Å². The van der Waals surface area contributed by atoms with Gasteiger partial charge in [-0.3, -0.25) is 9.59 Å². The van der Waals surface area contributed by atoms with Gasteiger partial charge in [-0.25, -0.2) is 9.97 Å². The number of ketones is 1. The molecule has 0 radical (unpaired) electrons. The summed E-state index contributed by atoms with van der Waals surface area (Å²) in [6.07, 6.45) is 0. The molecule has 32 heavy (non-hydrogen) atoms. The molecule has 2 aromatic heterocycles. The number of ether oxygens (including phenoxy) is 2. The monoisotopic (exact) mass is 473 g/mol. The molecule has 0 aliphatic carbocycles. The molecule has 1 saturated heterocycles. The number of amides is 1. The first-order chi connectivity index (χ1) is 15.3. The summed E-state index contributed by atoms with van der Waals surface area (Å²) in [5.74, 6) is 0.862. The first-order valence-corrected chi connectivity index (χ1v) is 11.8. The molecule has 0 unspecified atom stereocenters. The van der Waals surface area contributed by atoms with Crippen molar-refractivity contribution >= 4 is 45.7 Å². The van der Waals surface area contributed by atoms with Gasteiger partial charge < -0.3 is 19.9 Å². The average molecular weight is 474 g/mol. The van der Waals surface area contributed by atoms with Crippen LogP contribution in [0.5, 0.6) is 5.75 Å². The van der Waals surface area contributed by atoms with E-state index in [-0.39, 0.29) is 17.6 Å². The summed E-state index contributed by atoms with van der Waals surface area (Å²) in [5, 5.41) is 15.0. The summed E-state index contributed by atoms with van der Waals surface area (Å²) in [4.78, 5) is 35.1. The summed E-state index contributed by atoms with van der Waals surface area (Å²) in [6.45, 7) is 4.12. The van der Waals surface area contributed by atoms with E-state index in [0.29, 0.717) is 39.6 Å². The van der Waals surface area contributed by atoms with Gasteiger partial charge in [0.25, 0.3) is 5.91 Å². The standard InChI is InChI=1S/C22H23N3O5S2/c1-12-23-16-5-4-14(29-3)8-15(16)20(24-12)31-11-17(26)18-6-7-19(32-18)22(2,28)21(27)25-13-9-30-10-13/h4-8,13,28H,9-11H2,1-3H3,(H,25,27)/t22-/m1/s1. The van der Waals surface area contributed by atoms with Crippen LogP contribution in [-0.2, 0) is 15.1 Å². The number of hydrogen-bond acceptors (Lipinski definition) is 9. The van der Waals surface area contributed by atoms with E-state index >= 15 is 0 Å². The lowest BCUT2D eigenvalue weighted by molar-refractivity contribution is -0.142. The maximum atomic E-state index is 12.8. The number of carbonyl (C=O) groups excluding carboxylic acids is 2. The number of carbonyl (C=O) groups is 2.